The first-order valence-electron chi connectivity index (χ1n) is 8.45. The molecular weight excluding hydrogens is 380 g/mol. The van der Waals surface area contributed by atoms with E-state index in [1.165, 1.54) is 7.11 Å². The Balaban J connectivity index is 1.98. The summed E-state index contributed by atoms with van der Waals surface area (Å²) in [5, 5.41) is 5.56. The monoisotopic (exact) mass is 400 g/mol. The number of para-hydroxylation sites is 1. The molecule has 3 rings (SSSR count). The van der Waals surface area contributed by atoms with Gasteiger partial charge in [-0.1, -0.05) is 24.3 Å². The Kier molecular flexibility index (Phi) is 6.47. The highest BCUT2D eigenvalue weighted by molar-refractivity contribution is 7.98. The third kappa shape index (κ3) is 4.48. The highest BCUT2D eigenvalue weighted by atomic mass is 32.2. The molecule has 2 heterocycles. The van der Waals surface area contributed by atoms with E-state index in [2.05, 4.69) is 10.3 Å². The molecule has 0 aliphatic rings. The number of amides is 1. The molecular formula is C20H20N2O3S2. The number of carbonyl (C=O) groups is 2. The van der Waals surface area contributed by atoms with Gasteiger partial charge in [-0.25, -0.2) is 9.78 Å². The fraction of sp³-hybridized carbons (Fsp3) is 0.250. The number of methoxy groups -OCH3 is 1. The van der Waals surface area contributed by atoms with Crippen molar-refractivity contribution in [3.63, 3.8) is 0 Å². The fourth-order valence-electron chi connectivity index (χ4n) is 2.78. The Bertz CT molecular complexity index is 942. The molecule has 1 N–H and O–H groups in total. The highest BCUT2D eigenvalue weighted by Crippen LogP contribution is 2.28. The Morgan fingerprint density at radius 1 is 1.26 bits per heavy atom. The first-order chi connectivity index (χ1) is 13.1. The molecule has 0 saturated carbocycles. The van der Waals surface area contributed by atoms with Gasteiger partial charge >= 0.3 is 5.97 Å². The van der Waals surface area contributed by atoms with E-state index in [9.17, 15) is 9.59 Å². The van der Waals surface area contributed by atoms with E-state index in [1.807, 2.05) is 48.0 Å². The van der Waals surface area contributed by atoms with Crippen molar-refractivity contribution in [3.8, 4) is 10.6 Å². The van der Waals surface area contributed by atoms with Crippen molar-refractivity contribution < 1.29 is 14.3 Å². The van der Waals surface area contributed by atoms with E-state index in [1.54, 1.807) is 29.2 Å². The van der Waals surface area contributed by atoms with Crippen LogP contribution in [0.3, 0.4) is 0 Å². The van der Waals surface area contributed by atoms with Gasteiger partial charge in [-0.2, -0.15) is 11.8 Å². The van der Waals surface area contributed by atoms with E-state index in [0.29, 0.717) is 12.0 Å². The quantitative estimate of drug-likeness (QED) is 0.608. The molecule has 0 bridgehead atoms. The summed E-state index contributed by atoms with van der Waals surface area (Å²) in [6, 6.07) is 12.5. The first kappa shape index (κ1) is 19.4. The van der Waals surface area contributed by atoms with E-state index in [4.69, 9.17) is 4.74 Å². The number of hydrogen-bond acceptors (Lipinski definition) is 6. The predicted molar refractivity (Wildman–Crippen MR) is 111 cm³/mol. The van der Waals surface area contributed by atoms with Crippen molar-refractivity contribution in [1.82, 2.24) is 10.3 Å². The third-order valence-corrected chi connectivity index (χ3v) is 5.67. The number of esters is 1. The molecule has 1 amide bonds. The van der Waals surface area contributed by atoms with E-state index in [-0.39, 0.29) is 5.91 Å². The van der Waals surface area contributed by atoms with Crippen LogP contribution in [-0.2, 0) is 9.53 Å². The van der Waals surface area contributed by atoms with Crippen LogP contribution < -0.4 is 5.32 Å². The molecule has 7 heteroatoms. The number of carbonyl (C=O) groups excluding carboxylic acids is 2. The number of rotatable bonds is 7. The van der Waals surface area contributed by atoms with E-state index < -0.39 is 12.0 Å². The number of thiophene rings is 1. The van der Waals surface area contributed by atoms with Gasteiger partial charge in [-0.3, -0.25) is 4.79 Å². The lowest BCUT2D eigenvalue weighted by Gasteiger charge is -2.17. The van der Waals surface area contributed by atoms with Gasteiger partial charge in [0.25, 0.3) is 5.91 Å². The molecule has 1 atom stereocenters. The normalized spacial score (nSPS) is 11.9. The van der Waals surface area contributed by atoms with Gasteiger partial charge in [0.05, 0.1) is 28.8 Å². The van der Waals surface area contributed by atoms with Crippen molar-refractivity contribution in [2.75, 3.05) is 19.1 Å². The Morgan fingerprint density at radius 2 is 2.07 bits per heavy atom. The Hall–Kier alpha value is -2.38. The van der Waals surface area contributed by atoms with Gasteiger partial charge < -0.3 is 10.1 Å². The molecule has 0 aliphatic heterocycles. The number of thioether (sulfide) groups is 1. The van der Waals surface area contributed by atoms with Gasteiger partial charge in [0.2, 0.25) is 0 Å². The number of nitrogens with one attached hydrogen (secondary N) is 1. The van der Waals surface area contributed by atoms with Crippen LogP contribution >= 0.6 is 23.1 Å². The minimum atomic E-state index is -0.674. The van der Waals surface area contributed by atoms with Gasteiger partial charge in [0.15, 0.2) is 0 Å². The highest BCUT2D eigenvalue weighted by Gasteiger charge is 2.23. The van der Waals surface area contributed by atoms with Crippen LogP contribution in [0.5, 0.6) is 0 Å². The zero-order chi connectivity index (χ0) is 19.2. The summed E-state index contributed by atoms with van der Waals surface area (Å²) >= 11 is 3.18. The number of benzene rings is 1. The topological polar surface area (TPSA) is 68.3 Å². The molecule has 0 spiro atoms. The van der Waals surface area contributed by atoms with Gasteiger partial charge in [-0.15, -0.1) is 11.3 Å². The smallest absolute Gasteiger partial charge is 0.328 e. The summed E-state index contributed by atoms with van der Waals surface area (Å²) in [4.78, 5) is 30.7. The molecule has 0 aliphatic carbocycles. The molecule has 0 radical (unpaired) electrons. The number of aromatic nitrogens is 1. The van der Waals surface area contributed by atoms with E-state index >= 15 is 0 Å². The van der Waals surface area contributed by atoms with Crippen LogP contribution in [0, 0.1) is 0 Å². The van der Waals surface area contributed by atoms with Gasteiger partial charge in [0.1, 0.15) is 6.04 Å². The van der Waals surface area contributed by atoms with Crippen LogP contribution in [0.2, 0.25) is 0 Å². The van der Waals surface area contributed by atoms with Crippen LogP contribution in [0.25, 0.3) is 21.5 Å². The summed E-state index contributed by atoms with van der Waals surface area (Å²) in [6.07, 6.45) is 2.47. The van der Waals surface area contributed by atoms with Crippen LogP contribution in [0.4, 0.5) is 0 Å². The van der Waals surface area contributed by atoms with Crippen LogP contribution in [0.1, 0.15) is 16.8 Å². The second-order valence-electron chi connectivity index (χ2n) is 5.88. The van der Waals surface area contributed by atoms with Crippen LogP contribution in [0.15, 0.2) is 47.8 Å². The lowest BCUT2D eigenvalue weighted by atomic mass is 10.1. The van der Waals surface area contributed by atoms with Crippen molar-refractivity contribution in [3.05, 3.63) is 53.4 Å². The molecule has 27 heavy (non-hydrogen) atoms. The minimum Gasteiger partial charge on any atom is -0.467 e. The first-order valence-corrected chi connectivity index (χ1v) is 10.7. The second kappa shape index (κ2) is 9.01. The molecule has 2 aromatic heterocycles. The SMILES string of the molecule is COC(=O)[C@H](CCSC)NC(=O)c1cc(-c2cccs2)nc2ccccc12. The molecule has 0 unspecified atom stereocenters. The number of hydrogen-bond donors (Lipinski definition) is 1. The van der Waals surface area contributed by atoms with Crippen LogP contribution in [-0.4, -0.2) is 42.0 Å². The molecule has 1 aromatic carbocycles. The average molecular weight is 401 g/mol. The molecule has 5 nitrogen and oxygen atoms in total. The Labute approximate surface area is 166 Å². The fourth-order valence-corrected chi connectivity index (χ4v) is 3.93. The Morgan fingerprint density at radius 3 is 2.78 bits per heavy atom. The second-order valence-corrected chi connectivity index (χ2v) is 7.81. The minimum absolute atomic E-state index is 0.303. The van der Waals surface area contributed by atoms with Crippen molar-refractivity contribution >= 4 is 45.9 Å². The molecule has 3 aromatic rings. The van der Waals surface area contributed by atoms with Gasteiger partial charge in [-0.05, 0) is 42.0 Å². The molecule has 0 saturated heterocycles. The summed E-state index contributed by atoms with van der Waals surface area (Å²) in [5.41, 5.74) is 1.99. The summed E-state index contributed by atoms with van der Waals surface area (Å²) in [5.74, 6) is 0.00886. The third-order valence-electron chi connectivity index (χ3n) is 4.14. The maximum absolute atomic E-state index is 13.0. The lowest BCUT2D eigenvalue weighted by molar-refractivity contribution is -0.142. The lowest BCUT2D eigenvalue weighted by Crippen LogP contribution is -2.42. The van der Waals surface area contributed by atoms with Gasteiger partial charge in [0, 0.05) is 5.39 Å². The molecule has 0 fully saturated rings. The zero-order valence-corrected chi connectivity index (χ0v) is 16.7. The molecule has 140 valence electrons. The van der Waals surface area contributed by atoms with Crippen molar-refractivity contribution in [1.29, 1.82) is 0 Å². The van der Waals surface area contributed by atoms with E-state index in [0.717, 1.165) is 27.2 Å². The number of pyridine rings is 1. The summed E-state index contributed by atoms with van der Waals surface area (Å²) < 4.78 is 4.84. The largest absolute Gasteiger partial charge is 0.467 e. The number of fused-ring (bicyclic) bond motifs is 1. The summed E-state index contributed by atoms with van der Waals surface area (Å²) in [6.45, 7) is 0. The average Bonchev–Trinajstić information content (AvgIpc) is 3.24. The standard InChI is InChI=1S/C20H20N2O3S2/c1-25-20(24)16(9-11-26-2)22-19(23)14-12-17(18-8-5-10-27-18)21-15-7-4-3-6-13(14)15/h3-8,10,12,16H,9,11H2,1-2H3,(H,22,23)/t16-/m0/s1. The number of nitrogens with zero attached hydrogens (tertiary/aromatic N) is 1. The maximum Gasteiger partial charge on any atom is 0.328 e. The zero-order valence-electron chi connectivity index (χ0n) is 15.1. The summed E-state index contributed by atoms with van der Waals surface area (Å²) in [7, 11) is 1.33. The van der Waals surface area contributed by atoms with Crippen molar-refractivity contribution in [2.45, 2.75) is 12.5 Å². The maximum atomic E-state index is 13.0. The number of ether oxygens (including phenoxy) is 1. The predicted octanol–water partition coefficient (Wildman–Crippen LogP) is 3.99. The van der Waals surface area contributed by atoms with Crippen molar-refractivity contribution in [2.24, 2.45) is 0 Å².